The van der Waals surface area contributed by atoms with Gasteiger partial charge in [0.05, 0.1) is 19.2 Å². The van der Waals surface area contributed by atoms with Gasteiger partial charge in [0.2, 0.25) is 5.91 Å². The molecule has 0 saturated heterocycles. The molecule has 1 aromatic carbocycles. The minimum atomic E-state index is -0.226. The molecule has 0 bridgehead atoms. The van der Waals surface area contributed by atoms with E-state index >= 15 is 0 Å². The van der Waals surface area contributed by atoms with Gasteiger partial charge in [-0.15, -0.1) is 0 Å². The third kappa shape index (κ3) is 4.97. The molecule has 0 aliphatic carbocycles. The molecular weight excluding hydrogens is 290 g/mol. The molecule has 1 amide bonds. The average molecular weight is 312 g/mol. The van der Waals surface area contributed by atoms with Crippen molar-refractivity contribution in [3.8, 4) is 11.5 Å². The summed E-state index contributed by atoms with van der Waals surface area (Å²) >= 11 is 6.12. The highest BCUT2D eigenvalue weighted by Crippen LogP contribution is 2.36. The lowest BCUT2D eigenvalue weighted by atomic mass is 10.0. The quantitative estimate of drug-likeness (QED) is 0.815. The lowest BCUT2D eigenvalue weighted by molar-refractivity contribution is -0.117. The molecule has 0 saturated carbocycles. The van der Waals surface area contributed by atoms with Gasteiger partial charge in [0, 0.05) is 11.6 Å². The van der Waals surface area contributed by atoms with Crippen molar-refractivity contribution < 1.29 is 14.3 Å². The number of hydrogen-bond donors (Lipinski definition) is 1. The standard InChI is InChI=1S/C16H22ClNO3/c1-6-16(2,3)18-14(19)8-7-11-9-12(17)15(21-5)13(10-11)20-4/h7-10H,6H2,1-5H3,(H,18,19)/b8-7+. The van der Waals surface area contributed by atoms with Crippen molar-refractivity contribution in [2.24, 2.45) is 0 Å². The number of hydrogen-bond acceptors (Lipinski definition) is 3. The molecule has 5 heteroatoms. The maximum Gasteiger partial charge on any atom is 0.244 e. The van der Waals surface area contributed by atoms with Crippen LogP contribution < -0.4 is 14.8 Å². The number of ether oxygens (including phenoxy) is 2. The van der Waals surface area contributed by atoms with Crippen molar-refractivity contribution in [3.05, 3.63) is 28.8 Å². The highest BCUT2D eigenvalue weighted by atomic mass is 35.5. The number of benzene rings is 1. The van der Waals surface area contributed by atoms with Gasteiger partial charge in [-0.1, -0.05) is 18.5 Å². The number of rotatable bonds is 6. The number of methoxy groups -OCH3 is 2. The summed E-state index contributed by atoms with van der Waals surface area (Å²) in [6.45, 7) is 5.98. The zero-order valence-corrected chi connectivity index (χ0v) is 13.9. The third-order valence-electron chi connectivity index (χ3n) is 3.23. The van der Waals surface area contributed by atoms with E-state index in [-0.39, 0.29) is 11.4 Å². The minimum Gasteiger partial charge on any atom is -0.493 e. The summed E-state index contributed by atoms with van der Waals surface area (Å²) in [6.07, 6.45) is 4.03. The maximum absolute atomic E-state index is 11.9. The van der Waals surface area contributed by atoms with Crippen LogP contribution in [0.3, 0.4) is 0 Å². The molecule has 116 valence electrons. The van der Waals surface area contributed by atoms with Crippen LogP contribution >= 0.6 is 11.6 Å². The lowest BCUT2D eigenvalue weighted by Crippen LogP contribution is -2.41. The van der Waals surface area contributed by atoms with E-state index in [2.05, 4.69) is 5.32 Å². The molecule has 4 nitrogen and oxygen atoms in total. The predicted octanol–water partition coefficient (Wildman–Crippen LogP) is 3.68. The van der Waals surface area contributed by atoms with Crippen LogP contribution in [0.25, 0.3) is 6.08 Å². The fraction of sp³-hybridized carbons (Fsp3) is 0.438. The normalized spacial score (nSPS) is 11.5. The molecule has 0 atom stereocenters. The Morgan fingerprint density at radius 3 is 2.52 bits per heavy atom. The van der Waals surface area contributed by atoms with E-state index < -0.39 is 0 Å². The van der Waals surface area contributed by atoms with Crippen LogP contribution in [0.5, 0.6) is 11.5 Å². The molecule has 1 aromatic rings. The fourth-order valence-corrected chi connectivity index (χ4v) is 1.97. The third-order valence-corrected chi connectivity index (χ3v) is 3.51. The van der Waals surface area contributed by atoms with Gasteiger partial charge in [-0.2, -0.15) is 0 Å². The van der Waals surface area contributed by atoms with Crippen LogP contribution in [0.4, 0.5) is 0 Å². The van der Waals surface area contributed by atoms with Crippen LogP contribution in [0.2, 0.25) is 5.02 Å². The molecular formula is C16H22ClNO3. The number of carbonyl (C=O) groups is 1. The van der Waals surface area contributed by atoms with Crippen molar-refractivity contribution >= 4 is 23.6 Å². The van der Waals surface area contributed by atoms with Gasteiger partial charge in [-0.3, -0.25) is 4.79 Å². The molecule has 0 fully saturated rings. The first-order valence-electron chi connectivity index (χ1n) is 6.74. The highest BCUT2D eigenvalue weighted by Gasteiger charge is 2.16. The summed E-state index contributed by atoms with van der Waals surface area (Å²) in [6, 6.07) is 3.48. The predicted molar refractivity (Wildman–Crippen MR) is 86.1 cm³/mol. The van der Waals surface area contributed by atoms with E-state index in [9.17, 15) is 4.79 Å². The van der Waals surface area contributed by atoms with Gasteiger partial charge in [0.15, 0.2) is 11.5 Å². The van der Waals surface area contributed by atoms with Crippen LogP contribution in [-0.4, -0.2) is 25.7 Å². The molecule has 0 aromatic heterocycles. The second-order valence-corrected chi connectivity index (χ2v) is 5.71. The van der Waals surface area contributed by atoms with Gasteiger partial charge in [0.1, 0.15) is 0 Å². The number of amides is 1. The largest absolute Gasteiger partial charge is 0.493 e. The monoisotopic (exact) mass is 311 g/mol. The van der Waals surface area contributed by atoms with E-state index in [1.54, 1.807) is 18.2 Å². The summed E-state index contributed by atoms with van der Waals surface area (Å²) in [5.74, 6) is 0.861. The van der Waals surface area contributed by atoms with Gasteiger partial charge in [0.25, 0.3) is 0 Å². The molecule has 0 spiro atoms. The SMILES string of the molecule is CCC(C)(C)NC(=O)/C=C/c1cc(Cl)c(OC)c(OC)c1. The Kier molecular flexibility index (Phi) is 6.09. The van der Waals surface area contributed by atoms with Crippen molar-refractivity contribution in [2.75, 3.05) is 14.2 Å². The summed E-state index contributed by atoms with van der Waals surface area (Å²) < 4.78 is 10.4. The Bertz CT molecular complexity index is 539. The van der Waals surface area contributed by atoms with E-state index in [4.69, 9.17) is 21.1 Å². The van der Waals surface area contributed by atoms with E-state index in [1.807, 2.05) is 20.8 Å². The van der Waals surface area contributed by atoms with Crippen LogP contribution in [0.15, 0.2) is 18.2 Å². The lowest BCUT2D eigenvalue weighted by Gasteiger charge is -2.23. The van der Waals surface area contributed by atoms with Crippen LogP contribution in [0, 0.1) is 0 Å². The highest BCUT2D eigenvalue weighted by molar-refractivity contribution is 6.32. The first-order chi connectivity index (χ1) is 9.82. The van der Waals surface area contributed by atoms with Gasteiger partial charge >= 0.3 is 0 Å². The number of carbonyl (C=O) groups excluding carboxylic acids is 1. The Hall–Kier alpha value is -1.68. The summed E-state index contributed by atoms with van der Waals surface area (Å²) in [7, 11) is 3.07. The first kappa shape index (κ1) is 17.4. The van der Waals surface area contributed by atoms with E-state index in [1.165, 1.54) is 20.3 Å². The minimum absolute atomic E-state index is 0.146. The fourth-order valence-electron chi connectivity index (χ4n) is 1.67. The Morgan fingerprint density at radius 2 is 2.00 bits per heavy atom. The van der Waals surface area contributed by atoms with Crippen LogP contribution in [0.1, 0.15) is 32.8 Å². The molecule has 1 rings (SSSR count). The molecule has 0 radical (unpaired) electrons. The van der Waals surface area contributed by atoms with Crippen LogP contribution in [-0.2, 0) is 4.79 Å². The van der Waals surface area contributed by atoms with Crippen molar-refractivity contribution in [3.63, 3.8) is 0 Å². The first-order valence-corrected chi connectivity index (χ1v) is 7.12. The Labute approximate surface area is 131 Å². The second-order valence-electron chi connectivity index (χ2n) is 5.30. The van der Waals surface area contributed by atoms with Crippen molar-refractivity contribution in [1.82, 2.24) is 5.32 Å². The molecule has 0 unspecified atom stereocenters. The van der Waals surface area contributed by atoms with E-state index in [0.29, 0.717) is 16.5 Å². The Balaban J connectivity index is 2.91. The van der Waals surface area contributed by atoms with Crippen molar-refractivity contribution in [1.29, 1.82) is 0 Å². The molecule has 1 N–H and O–H groups in total. The van der Waals surface area contributed by atoms with E-state index in [0.717, 1.165) is 12.0 Å². The summed E-state index contributed by atoms with van der Waals surface area (Å²) in [5, 5.41) is 3.36. The maximum atomic E-state index is 11.9. The molecule has 21 heavy (non-hydrogen) atoms. The van der Waals surface area contributed by atoms with Gasteiger partial charge in [-0.05, 0) is 44.0 Å². The second kappa shape index (κ2) is 7.36. The topological polar surface area (TPSA) is 47.6 Å². The summed E-state index contributed by atoms with van der Waals surface area (Å²) in [4.78, 5) is 11.9. The van der Waals surface area contributed by atoms with Crippen molar-refractivity contribution in [2.45, 2.75) is 32.7 Å². The molecule has 0 heterocycles. The Morgan fingerprint density at radius 1 is 1.33 bits per heavy atom. The molecule has 0 aliphatic rings. The zero-order valence-electron chi connectivity index (χ0n) is 13.1. The number of nitrogens with one attached hydrogen (secondary N) is 1. The van der Waals surface area contributed by atoms with Gasteiger partial charge in [-0.25, -0.2) is 0 Å². The number of halogens is 1. The molecule has 0 aliphatic heterocycles. The zero-order chi connectivity index (χ0) is 16.0. The average Bonchev–Trinajstić information content (AvgIpc) is 2.44. The van der Waals surface area contributed by atoms with Gasteiger partial charge < -0.3 is 14.8 Å². The summed E-state index contributed by atoms with van der Waals surface area (Å²) in [5.41, 5.74) is 0.540. The smallest absolute Gasteiger partial charge is 0.244 e.